The minimum absolute atomic E-state index is 0.773. The van der Waals surface area contributed by atoms with Crippen LogP contribution in [-0.2, 0) is 0 Å². The lowest BCUT2D eigenvalue weighted by atomic mass is 10.2. The van der Waals surface area contributed by atoms with Gasteiger partial charge in [-0.15, -0.1) is 0 Å². The molecule has 3 nitrogen and oxygen atoms in total. The van der Waals surface area contributed by atoms with Crippen molar-refractivity contribution in [3.63, 3.8) is 0 Å². The average molecular weight is 192 g/mol. The number of hydrazone groups is 1. The zero-order valence-electron chi connectivity index (χ0n) is 8.83. The second-order valence-electron chi connectivity index (χ2n) is 3.01. The molecule has 0 atom stereocenters. The summed E-state index contributed by atoms with van der Waals surface area (Å²) in [5.74, 6) is 0.773. The van der Waals surface area contributed by atoms with E-state index in [0.29, 0.717) is 0 Å². The van der Waals surface area contributed by atoms with Gasteiger partial charge in [-0.25, -0.2) is 0 Å². The third kappa shape index (κ3) is 2.49. The molecule has 0 radical (unpaired) electrons. The maximum Gasteiger partial charge on any atom is 0.298 e. The highest BCUT2D eigenvalue weighted by Crippen LogP contribution is 1.96. The van der Waals surface area contributed by atoms with Gasteiger partial charge in [0.1, 0.15) is 6.54 Å². The van der Waals surface area contributed by atoms with Gasteiger partial charge in [-0.2, -0.15) is 4.68 Å². The van der Waals surface area contributed by atoms with Gasteiger partial charge in [0, 0.05) is 6.54 Å². The highest BCUT2D eigenvalue weighted by Gasteiger charge is 2.08. The van der Waals surface area contributed by atoms with E-state index in [2.05, 4.69) is 19.3 Å². The average Bonchev–Trinajstić information content (AvgIpc) is 2.26. The molecule has 3 heteroatoms. The van der Waals surface area contributed by atoms with E-state index in [1.165, 1.54) is 0 Å². The van der Waals surface area contributed by atoms with Crippen molar-refractivity contribution in [2.24, 2.45) is 5.73 Å². The quantitative estimate of drug-likeness (QED) is 0.323. The SMILES string of the molecule is CCN/[N+](CC)=C(/N)c1ccccc1. The summed E-state index contributed by atoms with van der Waals surface area (Å²) < 4.78 is 1.95. The van der Waals surface area contributed by atoms with E-state index in [-0.39, 0.29) is 0 Å². The molecule has 14 heavy (non-hydrogen) atoms. The Labute approximate surface area is 85.2 Å². The first-order chi connectivity index (χ1) is 6.79. The predicted molar refractivity (Wildman–Crippen MR) is 59.2 cm³/mol. The Balaban J connectivity index is 2.95. The molecule has 0 saturated carbocycles. The summed E-state index contributed by atoms with van der Waals surface area (Å²) in [6.07, 6.45) is 0. The normalized spacial score (nSPS) is 12.1. The molecule has 0 aliphatic rings. The maximum absolute atomic E-state index is 6.02. The molecule has 0 fully saturated rings. The first kappa shape index (κ1) is 10.6. The van der Waals surface area contributed by atoms with E-state index < -0.39 is 0 Å². The van der Waals surface area contributed by atoms with Crippen molar-refractivity contribution in [3.05, 3.63) is 35.9 Å². The van der Waals surface area contributed by atoms with Crippen molar-refractivity contribution in [2.75, 3.05) is 13.1 Å². The van der Waals surface area contributed by atoms with Crippen LogP contribution in [0, 0.1) is 0 Å². The summed E-state index contributed by atoms with van der Waals surface area (Å²) in [6, 6.07) is 9.98. The van der Waals surface area contributed by atoms with Crippen LogP contribution in [0.1, 0.15) is 19.4 Å². The Kier molecular flexibility index (Phi) is 3.98. The lowest BCUT2D eigenvalue weighted by Crippen LogP contribution is -2.38. The van der Waals surface area contributed by atoms with Crippen molar-refractivity contribution in [3.8, 4) is 0 Å². The number of nitrogens with zero attached hydrogens (tertiary/aromatic N) is 1. The molecule has 0 saturated heterocycles. The lowest BCUT2D eigenvalue weighted by molar-refractivity contribution is -0.584. The Hall–Kier alpha value is -1.51. The number of hydrogen-bond acceptors (Lipinski definition) is 1. The highest BCUT2D eigenvalue weighted by molar-refractivity contribution is 5.93. The standard InChI is InChI=1S/C11H17N3/c1-3-13-14(4-2)11(12)10-8-6-5-7-9-10/h5-9,12-13H,3-4H2,1-2H3/p+1. The zero-order valence-corrected chi connectivity index (χ0v) is 8.83. The van der Waals surface area contributed by atoms with Gasteiger partial charge in [-0.05, 0) is 26.0 Å². The largest absolute Gasteiger partial charge is 0.298 e. The molecule has 0 aromatic heterocycles. The third-order valence-corrected chi connectivity index (χ3v) is 2.03. The number of nitrogens with one attached hydrogen (secondary N) is 1. The maximum atomic E-state index is 6.02. The van der Waals surface area contributed by atoms with Crippen LogP contribution in [0.5, 0.6) is 0 Å². The predicted octanol–water partition coefficient (Wildman–Crippen LogP) is 0.949. The fourth-order valence-corrected chi connectivity index (χ4v) is 1.32. The first-order valence-electron chi connectivity index (χ1n) is 4.98. The molecular weight excluding hydrogens is 174 g/mol. The fraction of sp³-hybridized carbons (Fsp3) is 0.364. The Morgan fingerprint density at radius 3 is 2.43 bits per heavy atom. The van der Waals surface area contributed by atoms with Crippen LogP contribution in [0.2, 0.25) is 0 Å². The molecule has 1 aromatic rings. The molecule has 0 heterocycles. The van der Waals surface area contributed by atoms with Gasteiger partial charge < -0.3 is 0 Å². The lowest BCUT2D eigenvalue weighted by Gasteiger charge is -2.07. The second kappa shape index (κ2) is 5.27. The van der Waals surface area contributed by atoms with Gasteiger partial charge in [0.15, 0.2) is 0 Å². The summed E-state index contributed by atoms with van der Waals surface area (Å²) in [6.45, 7) is 5.86. The van der Waals surface area contributed by atoms with Crippen LogP contribution in [0.4, 0.5) is 0 Å². The monoisotopic (exact) mass is 192 g/mol. The van der Waals surface area contributed by atoms with E-state index in [1.807, 2.05) is 35.0 Å². The number of nitrogens with two attached hydrogens (primary N) is 1. The third-order valence-electron chi connectivity index (χ3n) is 2.03. The number of rotatable bonds is 4. The molecule has 0 spiro atoms. The topological polar surface area (TPSA) is 41.1 Å². The minimum Gasteiger partial charge on any atom is -0.285 e. The molecule has 0 aliphatic carbocycles. The van der Waals surface area contributed by atoms with E-state index in [9.17, 15) is 0 Å². The van der Waals surface area contributed by atoms with Gasteiger partial charge >= 0.3 is 0 Å². The Morgan fingerprint density at radius 2 is 1.93 bits per heavy atom. The molecule has 76 valence electrons. The fourth-order valence-electron chi connectivity index (χ4n) is 1.32. The molecule has 0 unspecified atom stereocenters. The Bertz CT molecular complexity index is 304. The van der Waals surface area contributed by atoms with Gasteiger partial charge in [-0.1, -0.05) is 18.2 Å². The van der Waals surface area contributed by atoms with Crippen LogP contribution in [0.15, 0.2) is 30.3 Å². The van der Waals surface area contributed by atoms with Gasteiger partial charge in [0.2, 0.25) is 0 Å². The first-order valence-corrected chi connectivity index (χ1v) is 4.98. The van der Waals surface area contributed by atoms with Crippen LogP contribution >= 0.6 is 0 Å². The second-order valence-corrected chi connectivity index (χ2v) is 3.01. The van der Waals surface area contributed by atoms with Gasteiger partial charge in [-0.3, -0.25) is 11.2 Å². The van der Waals surface area contributed by atoms with Crippen molar-refractivity contribution in [1.82, 2.24) is 5.43 Å². The number of hydrazine groups is 1. The van der Waals surface area contributed by atoms with Crippen molar-refractivity contribution in [1.29, 1.82) is 0 Å². The summed E-state index contributed by atoms with van der Waals surface area (Å²) in [5.41, 5.74) is 10.3. The van der Waals surface area contributed by atoms with E-state index in [1.54, 1.807) is 0 Å². The molecule has 1 aromatic carbocycles. The minimum atomic E-state index is 0.773. The van der Waals surface area contributed by atoms with E-state index in [0.717, 1.165) is 24.5 Å². The van der Waals surface area contributed by atoms with Crippen molar-refractivity contribution >= 4 is 5.84 Å². The Morgan fingerprint density at radius 1 is 1.29 bits per heavy atom. The summed E-state index contributed by atoms with van der Waals surface area (Å²) >= 11 is 0. The summed E-state index contributed by atoms with van der Waals surface area (Å²) in [7, 11) is 0. The van der Waals surface area contributed by atoms with Gasteiger partial charge in [0.25, 0.3) is 5.84 Å². The van der Waals surface area contributed by atoms with Crippen LogP contribution in [0.3, 0.4) is 0 Å². The van der Waals surface area contributed by atoms with Crippen LogP contribution < -0.4 is 11.2 Å². The highest BCUT2D eigenvalue weighted by atomic mass is 15.4. The number of hydrogen-bond donors (Lipinski definition) is 2. The zero-order chi connectivity index (χ0) is 10.4. The summed E-state index contributed by atoms with van der Waals surface area (Å²) in [5, 5.41) is 0. The number of benzene rings is 1. The van der Waals surface area contributed by atoms with Gasteiger partial charge in [0.05, 0.1) is 5.56 Å². The van der Waals surface area contributed by atoms with Crippen LogP contribution in [-0.4, -0.2) is 23.6 Å². The molecule has 3 N–H and O–H groups in total. The molecule has 0 amide bonds. The van der Waals surface area contributed by atoms with Crippen molar-refractivity contribution in [2.45, 2.75) is 13.8 Å². The molecule has 1 rings (SSSR count). The van der Waals surface area contributed by atoms with Crippen LogP contribution in [0.25, 0.3) is 0 Å². The smallest absolute Gasteiger partial charge is 0.285 e. The summed E-state index contributed by atoms with van der Waals surface area (Å²) in [4.78, 5) is 0. The molecule has 0 aliphatic heterocycles. The molecular formula is C11H18N3+. The van der Waals surface area contributed by atoms with E-state index in [4.69, 9.17) is 5.73 Å². The van der Waals surface area contributed by atoms with E-state index >= 15 is 0 Å². The molecule has 0 bridgehead atoms. The van der Waals surface area contributed by atoms with Crippen molar-refractivity contribution < 1.29 is 4.68 Å². The number of amidine groups is 1.